The molecule has 9 rings (SSSR count). The van der Waals surface area contributed by atoms with Gasteiger partial charge in [-0.3, -0.25) is 0 Å². The summed E-state index contributed by atoms with van der Waals surface area (Å²) in [6.07, 6.45) is 0. The molecule has 9 aromatic rings. The van der Waals surface area contributed by atoms with E-state index in [-0.39, 0.29) is 10.8 Å². The number of benzene rings is 7. The smallest absolute Gasteiger partial charge is 0.160 e. The summed E-state index contributed by atoms with van der Waals surface area (Å²) in [7, 11) is 0. The van der Waals surface area contributed by atoms with Crippen molar-refractivity contribution in [1.29, 1.82) is 10.5 Å². The summed E-state index contributed by atoms with van der Waals surface area (Å²) < 4.78 is 2.38. The normalized spacial score (nSPS) is 11.7. The van der Waals surface area contributed by atoms with Crippen LogP contribution < -0.4 is 0 Å². The molecule has 0 atom stereocenters. The van der Waals surface area contributed by atoms with Crippen molar-refractivity contribution in [3.05, 3.63) is 186 Å². The Morgan fingerprint density at radius 2 is 0.852 bits per heavy atom. The molecule has 0 spiro atoms. The van der Waals surface area contributed by atoms with Gasteiger partial charge in [-0.1, -0.05) is 139 Å². The van der Waals surface area contributed by atoms with E-state index in [9.17, 15) is 10.5 Å². The van der Waals surface area contributed by atoms with Crippen LogP contribution in [0.3, 0.4) is 0 Å². The van der Waals surface area contributed by atoms with Crippen LogP contribution in [0, 0.1) is 22.7 Å². The summed E-state index contributed by atoms with van der Waals surface area (Å²) in [5.41, 5.74) is 14.5. The van der Waals surface area contributed by atoms with Crippen LogP contribution in [-0.4, -0.2) is 14.5 Å². The molecule has 5 heteroatoms. The molecule has 0 bridgehead atoms. The van der Waals surface area contributed by atoms with Gasteiger partial charge in [0.2, 0.25) is 0 Å². The van der Waals surface area contributed by atoms with Crippen LogP contribution in [0.25, 0.3) is 83.6 Å². The summed E-state index contributed by atoms with van der Waals surface area (Å²) in [4.78, 5) is 10.5. The van der Waals surface area contributed by atoms with E-state index in [0.29, 0.717) is 17.0 Å². The van der Waals surface area contributed by atoms with E-state index in [1.54, 1.807) is 0 Å². The maximum Gasteiger partial charge on any atom is 0.160 e. The molecule has 0 fully saturated rings. The molecule has 0 amide bonds. The molecule has 61 heavy (non-hydrogen) atoms. The van der Waals surface area contributed by atoms with Crippen molar-refractivity contribution in [2.45, 2.75) is 52.4 Å². The highest BCUT2D eigenvalue weighted by Crippen LogP contribution is 2.45. The minimum Gasteiger partial charge on any atom is -0.308 e. The molecule has 0 saturated carbocycles. The third kappa shape index (κ3) is 7.37. The van der Waals surface area contributed by atoms with Crippen molar-refractivity contribution >= 4 is 21.8 Å². The van der Waals surface area contributed by atoms with Gasteiger partial charge in [0.25, 0.3) is 0 Å². The van der Waals surface area contributed by atoms with Gasteiger partial charge in [0.15, 0.2) is 5.82 Å². The number of nitrogens with zero attached hydrogens (tertiary/aromatic N) is 5. The quantitative estimate of drug-likeness (QED) is 0.168. The first-order valence-corrected chi connectivity index (χ1v) is 20.7. The van der Waals surface area contributed by atoms with Crippen molar-refractivity contribution in [2.75, 3.05) is 0 Å². The minimum absolute atomic E-state index is 0.0649. The Hall–Kier alpha value is -7.60. The Morgan fingerprint density at radius 3 is 1.26 bits per heavy atom. The fourth-order valence-corrected chi connectivity index (χ4v) is 8.24. The fourth-order valence-electron chi connectivity index (χ4n) is 8.24. The number of hydrogen-bond donors (Lipinski definition) is 0. The van der Waals surface area contributed by atoms with Gasteiger partial charge in [-0.2, -0.15) is 10.5 Å². The van der Waals surface area contributed by atoms with E-state index in [4.69, 9.17) is 9.97 Å². The third-order valence-corrected chi connectivity index (χ3v) is 11.6. The summed E-state index contributed by atoms with van der Waals surface area (Å²) >= 11 is 0. The molecule has 0 aliphatic carbocycles. The molecule has 0 aliphatic rings. The number of aromatic nitrogens is 3. The second kappa shape index (κ2) is 15.2. The van der Waals surface area contributed by atoms with Gasteiger partial charge in [-0.05, 0) is 99.8 Å². The van der Waals surface area contributed by atoms with Gasteiger partial charge in [-0.25, -0.2) is 9.97 Å². The Bertz CT molecular complexity index is 3010. The maximum atomic E-state index is 10.2. The number of rotatable bonds is 6. The monoisotopic (exact) mass is 787 g/mol. The van der Waals surface area contributed by atoms with Crippen LogP contribution >= 0.6 is 0 Å². The lowest BCUT2D eigenvalue weighted by molar-refractivity contribution is 0.590. The first-order chi connectivity index (χ1) is 29.4. The molecule has 0 unspecified atom stereocenters. The second-order valence-electron chi connectivity index (χ2n) is 17.8. The van der Waals surface area contributed by atoms with E-state index in [1.807, 2.05) is 78.9 Å². The number of hydrogen-bond acceptors (Lipinski definition) is 4. The van der Waals surface area contributed by atoms with Crippen LogP contribution in [0.1, 0.15) is 63.8 Å². The molecular weight excluding hydrogens is 743 g/mol. The fraction of sp³-hybridized carbons (Fsp3) is 0.143. The number of nitriles is 2. The van der Waals surface area contributed by atoms with Crippen molar-refractivity contribution in [3.63, 3.8) is 0 Å². The topological polar surface area (TPSA) is 78.3 Å². The predicted molar refractivity (Wildman–Crippen MR) is 250 cm³/mol. The summed E-state index contributed by atoms with van der Waals surface area (Å²) in [5, 5.41) is 22.8. The van der Waals surface area contributed by atoms with E-state index in [0.717, 1.165) is 77.8 Å². The summed E-state index contributed by atoms with van der Waals surface area (Å²) in [6, 6.07) is 60.9. The lowest BCUT2D eigenvalue weighted by Gasteiger charge is -2.22. The predicted octanol–water partition coefficient (Wildman–Crippen LogP) is 14.2. The van der Waals surface area contributed by atoms with Crippen molar-refractivity contribution in [3.8, 4) is 74.0 Å². The van der Waals surface area contributed by atoms with Crippen LogP contribution in [0.4, 0.5) is 0 Å². The molecular formula is C56H45N5. The highest BCUT2D eigenvalue weighted by Gasteiger charge is 2.26. The zero-order valence-electron chi connectivity index (χ0n) is 35.3. The van der Waals surface area contributed by atoms with Gasteiger partial charge in [-0.15, -0.1) is 0 Å². The van der Waals surface area contributed by atoms with Crippen LogP contribution in [0.15, 0.2) is 164 Å². The Labute approximate surface area is 357 Å². The summed E-state index contributed by atoms with van der Waals surface area (Å²) in [6.45, 7) is 13.5. The largest absolute Gasteiger partial charge is 0.308 e. The molecule has 2 aromatic heterocycles. The highest BCUT2D eigenvalue weighted by molar-refractivity contribution is 6.11. The first-order valence-electron chi connectivity index (χ1n) is 20.7. The second-order valence-corrected chi connectivity index (χ2v) is 17.8. The van der Waals surface area contributed by atoms with E-state index >= 15 is 0 Å². The lowest BCUT2D eigenvalue weighted by atomic mass is 9.85. The van der Waals surface area contributed by atoms with Crippen molar-refractivity contribution < 1.29 is 0 Å². The van der Waals surface area contributed by atoms with Gasteiger partial charge in [0.05, 0.1) is 51.4 Å². The summed E-state index contributed by atoms with van der Waals surface area (Å²) in [5.74, 6) is 0.564. The van der Waals surface area contributed by atoms with E-state index in [1.165, 1.54) is 11.1 Å². The van der Waals surface area contributed by atoms with Gasteiger partial charge >= 0.3 is 0 Å². The molecule has 7 aromatic carbocycles. The zero-order valence-corrected chi connectivity index (χ0v) is 35.3. The average Bonchev–Trinajstić information content (AvgIpc) is 3.61. The van der Waals surface area contributed by atoms with Crippen LogP contribution in [-0.2, 0) is 10.8 Å². The molecule has 2 heterocycles. The van der Waals surface area contributed by atoms with Gasteiger partial charge in [0.1, 0.15) is 0 Å². The molecule has 294 valence electrons. The maximum absolute atomic E-state index is 10.2. The molecule has 0 radical (unpaired) electrons. The Balaban J connectivity index is 1.45. The standard InChI is InChI=1S/C56H45N5/c1-55(2,3)43-23-25-51-47(31-43)48-32-44(56(4,5)6)24-26-52(48)61(51)53-45(40-21-13-15-36(27-40)34-57)29-42(30-46(53)41-22-14-16-37(28-41)35-58)54-59-49(38-17-9-7-10-18-38)33-50(60-54)39-19-11-8-12-20-39/h7-33H,1-6H3. The van der Waals surface area contributed by atoms with Crippen molar-refractivity contribution in [1.82, 2.24) is 14.5 Å². The SMILES string of the molecule is CC(C)(C)c1ccc2c(c1)c1cc(C(C)(C)C)ccc1n2-c1c(-c2cccc(C#N)c2)cc(-c2nc(-c3ccccc3)cc(-c3ccccc3)n2)cc1-c1cccc(C#N)c1. The van der Waals surface area contributed by atoms with Gasteiger partial charge < -0.3 is 4.57 Å². The van der Waals surface area contributed by atoms with Gasteiger partial charge in [0, 0.05) is 38.6 Å². The lowest BCUT2D eigenvalue weighted by Crippen LogP contribution is -2.10. The van der Waals surface area contributed by atoms with E-state index < -0.39 is 0 Å². The molecule has 0 aliphatic heterocycles. The zero-order chi connectivity index (χ0) is 42.5. The highest BCUT2D eigenvalue weighted by atomic mass is 15.0. The molecule has 0 saturated heterocycles. The minimum atomic E-state index is -0.0649. The average molecular weight is 788 g/mol. The number of fused-ring (bicyclic) bond motifs is 3. The Kier molecular flexibility index (Phi) is 9.70. The van der Waals surface area contributed by atoms with E-state index in [2.05, 4.69) is 143 Å². The Morgan fingerprint density at radius 1 is 0.426 bits per heavy atom. The third-order valence-electron chi connectivity index (χ3n) is 11.6. The molecule has 0 N–H and O–H groups in total. The molecule has 5 nitrogen and oxygen atoms in total. The van der Waals surface area contributed by atoms with Crippen LogP contribution in [0.5, 0.6) is 0 Å². The van der Waals surface area contributed by atoms with Crippen molar-refractivity contribution in [2.24, 2.45) is 0 Å². The first kappa shape index (κ1) is 38.9. The van der Waals surface area contributed by atoms with Crippen LogP contribution in [0.2, 0.25) is 0 Å².